The molecule has 2 aromatic rings. The molecule has 23 heavy (non-hydrogen) atoms. The highest BCUT2D eigenvalue weighted by atomic mass is 35.5. The quantitative estimate of drug-likeness (QED) is 0.805. The van der Waals surface area contributed by atoms with Crippen LogP contribution in [0.2, 0.25) is 5.02 Å². The van der Waals surface area contributed by atoms with Gasteiger partial charge in [-0.15, -0.1) is 0 Å². The summed E-state index contributed by atoms with van der Waals surface area (Å²) in [6, 6.07) is 9.20. The van der Waals surface area contributed by atoms with Gasteiger partial charge in [0.25, 0.3) is 0 Å². The molecular formula is C18H21ClN2O2. The second-order valence-corrected chi connectivity index (χ2v) is 5.65. The number of carbonyl (C=O) groups excluding carboxylic acids is 1. The molecule has 1 aromatic carbocycles. The molecule has 0 spiro atoms. The summed E-state index contributed by atoms with van der Waals surface area (Å²) in [4.78, 5) is 18.7. The predicted octanol–water partition coefficient (Wildman–Crippen LogP) is 3.90. The topological polar surface area (TPSA) is 42.4 Å². The van der Waals surface area contributed by atoms with Crippen molar-refractivity contribution in [1.29, 1.82) is 0 Å². The summed E-state index contributed by atoms with van der Waals surface area (Å²) < 4.78 is 5.32. The van der Waals surface area contributed by atoms with E-state index in [0.29, 0.717) is 17.3 Å². The minimum absolute atomic E-state index is 0.00949. The van der Waals surface area contributed by atoms with Crippen molar-refractivity contribution in [2.75, 3.05) is 13.7 Å². The normalized spacial score (nSPS) is 11.8. The number of nitrogens with zero attached hydrogens (tertiary/aromatic N) is 2. The molecule has 0 radical (unpaired) electrons. The zero-order valence-corrected chi connectivity index (χ0v) is 14.4. The van der Waals surface area contributed by atoms with Gasteiger partial charge in [0.15, 0.2) is 0 Å². The molecule has 1 aromatic heterocycles. The van der Waals surface area contributed by atoms with Crippen LogP contribution in [0, 0.1) is 0 Å². The molecule has 0 saturated heterocycles. The van der Waals surface area contributed by atoms with E-state index >= 15 is 0 Å². The van der Waals surface area contributed by atoms with Gasteiger partial charge in [-0.25, -0.2) is 0 Å². The predicted molar refractivity (Wildman–Crippen MR) is 91.7 cm³/mol. The van der Waals surface area contributed by atoms with Gasteiger partial charge in [-0.3, -0.25) is 9.78 Å². The Morgan fingerprint density at radius 2 is 2.13 bits per heavy atom. The van der Waals surface area contributed by atoms with Gasteiger partial charge in [0, 0.05) is 29.5 Å². The first-order valence-electron chi connectivity index (χ1n) is 7.59. The smallest absolute Gasteiger partial charge is 0.227 e. The summed E-state index contributed by atoms with van der Waals surface area (Å²) in [6.45, 7) is 4.58. The van der Waals surface area contributed by atoms with Crippen molar-refractivity contribution in [3.05, 3.63) is 58.9 Å². The van der Waals surface area contributed by atoms with E-state index < -0.39 is 0 Å². The van der Waals surface area contributed by atoms with Crippen LogP contribution in [0.25, 0.3) is 0 Å². The molecule has 0 fully saturated rings. The largest absolute Gasteiger partial charge is 0.496 e. The third kappa shape index (κ3) is 4.02. The van der Waals surface area contributed by atoms with Crippen molar-refractivity contribution >= 4 is 17.5 Å². The number of methoxy groups -OCH3 is 1. The molecule has 1 atom stereocenters. The fourth-order valence-electron chi connectivity index (χ4n) is 2.62. The van der Waals surface area contributed by atoms with Crippen LogP contribution in [0.3, 0.4) is 0 Å². The van der Waals surface area contributed by atoms with Crippen LogP contribution in [0.15, 0.2) is 42.7 Å². The van der Waals surface area contributed by atoms with Crippen molar-refractivity contribution in [3.8, 4) is 5.75 Å². The highest BCUT2D eigenvalue weighted by Gasteiger charge is 2.22. The highest BCUT2D eigenvalue weighted by Crippen LogP contribution is 2.28. The summed E-state index contributed by atoms with van der Waals surface area (Å²) >= 11 is 6.24. The molecular weight excluding hydrogens is 312 g/mol. The van der Waals surface area contributed by atoms with Gasteiger partial charge in [-0.05, 0) is 37.6 Å². The number of rotatable bonds is 6. The number of carbonyl (C=O) groups is 1. The number of likely N-dealkylation sites (N-methyl/N-ethyl adjacent to an activating group) is 1. The van der Waals surface area contributed by atoms with Gasteiger partial charge in [0.05, 0.1) is 19.6 Å². The first-order chi connectivity index (χ1) is 11.1. The van der Waals surface area contributed by atoms with E-state index in [9.17, 15) is 4.79 Å². The van der Waals surface area contributed by atoms with Crippen molar-refractivity contribution in [2.24, 2.45) is 0 Å². The maximum atomic E-state index is 12.8. The second kappa shape index (κ2) is 7.97. The van der Waals surface area contributed by atoms with E-state index in [4.69, 9.17) is 16.3 Å². The molecule has 0 aliphatic carbocycles. The Bertz CT molecular complexity index is 661. The molecule has 122 valence electrons. The van der Waals surface area contributed by atoms with Crippen molar-refractivity contribution in [2.45, 2.75) is 26.3 Å². The molecule has 4 nitrogen and oxygen atoms in total. The van der Waals surface area contributed by atoms with Crippen molar-refractivity contribution in [1.82, 2.24) is 9.88 Å². The monoisotopic (exact) mass is 332 g/mol. The van der Waals surface area contributed by atoms with E-state index in [1.165, 1.54) is 0 Å². The fourth-order valence-corrected chi connectivity index (χ4v) is 2.86. The summed E-state index contributed by atoms with van der Waals surface area (Å²) in [5.74, 6) is 0.645. The Labute approximate surface area is 142 Å². The van der Waals surface area contributed by atoms with E-state index in [2.05, 4.69) is 4.98 Å². The zero-order chi connectivity index (χ0) is 16.8. The summed E-state index contributed by atoms with van der Waals surface area (Å²) in [5, 5.41) is 0.544. The van der Waals surface area contributed by atoms with Crippen LogP contribution in [0.4, 0.5) is 0 Å². The molecule has 0 aliphatic rings. The van der Waals surface area contributed by atoms with Gasteiger partial charge in [-0.1, -0.05) is 23.7 Å². The average molecular weight is 333 g/mol. The van der Waals surface area contributed by atoms with E-state index in [-0.39, 0.29) is 18.4 Å². The molecule has 1 heterocycles. The number of hydrogen-bond acceptors (Lipinski definition) is 3. The number of pyridine rings is 1. The Kier molecular flexibility index (Phi) is 5.99. The third-order valence-corrected chi connectivity index (χ3v) is 4.27. The lowest BCUT2D eigenvalue weighted by Gasteiger charge is -2.28. The van der Waals surface area contributed by atoms with Crippen molar-refractivity contribution < 1.29 is 9.53 Å². The maximum absolute atomic E-state index is 12.8. The van der Waals surface area contributed by atoms with Crippen LogP contribution in [-0.4, -0.2) is 29.4 Å². The van der Waals surface area contributed by atoms with Crippen LogP contribution in [0.1, 0.15) is 31.0 Å². The van der Waals surface area contributed by atoms with Crippen LogP contribution in [-0.2, 0) is 11.2 Å². The Morgan fingerprint density at radius 3 is 2.74 bits per heavy atom. The summed E-state index contributed by atoms with van der Waals surface area (Å²) in [6.07, 6.45) is 3.72. The van der Waals surface area contributed by atoms with Gasteiger partial charge in [0.1, 0.15) is 5.75 Å². The maximum Gasteiger partial charge on any atom is 0.227 e. The Hall–Kier alpha value is -2.07. The lowest BCUT2D eigenvalue weighted by atomic mass is 10.1. The van der Waals surface area contributed by atoms with Gasteiger partial charge in [-0.2, -0.15) is 0 Å². The number of benzene rings is 1. The van der Waals surface area contributed by atoms with E-state index in [1.54, 1.807) is 25.6 Å². The van der Waals surface area contributed by atoms with Crippen LogP contribution in [0.5, 0.6) is 5.75 Å². The Balaban J connectivity index is 2.21. The number of ether oxygens (including phenoxy) is 1. The number of hydrogen-bond donors (Lipinski definition) is 0. The second-order valence-electron chi connectivity index (χ2n) is 5.24. The average Bonchev–Trinajstić information content (AvgIpc) is 2.58. The lowest BCUT2D eigenvalue weighted by molar-refractivity contribution is -0.132. The van der Waals surface area contributed by atoms with E-state index in [0.717, 1.165) is 11.1 Å². The lowest BCUT2D eigenvalue weighted by Crippen LogP contribution is -2.34. The van der Waals surface area contributed by atoms with Crippen LogP contribution < -0.4 is 4.74 Å². The minimum atomic E-state index is -0.0466. The molecule has 2 rings (SSSR count). The molecule has 0 unspecified atom stereocenters. The molecule has 0 aliphatic heterocycles. The number of halogens is 1. The third-order valence-electron chi connectivity index (χ3n) is 3.92. The molecule has 0 saturated carbocycles. The molecule has 0 bridgehead atoms. The minimum Gasteiger partial charge on any atom is -0.496 e. The SMILES string of the molecule is CCN(C(=O)Cc1c(Cl)cccc1OC)[C@H](C)c1cccnc1. The molecule has 5 heteroatoms. The molecule has 1 amide bonds. The van der Waals surface area contributed by atoms with Crippen LogP contribution >= 0.6 is 11.6 Å². The first-order valence-corrected chi connectivity index (χ1v) is 7.97. The number of amides is 1. The Morgan fingerprint density at radius 1 is 1.35 bits per heavy atom. The zero-order valence-electron chi connectivity index (χ0n) is 13.6. The van der Waals surface area contributed by atoms with Gasteiger partial charge < -0.3 is 9.64 Å². The first kappa shape index (κ1) is 17.3. The van der Waals surface area contributed by atoms with E-state index in [1.807, 2.05) is 43.0 Å². The fraction of sp³-hybridized carbons (Fsp3) is 0.333. The number of aromatic nitrogens is 1. The van der Waals surface area contributed by atoms with Crippen molar-refractivity contribution in [3.63, 3.8) is 0 Å². The summed E-state index contributed by atoms with van der Waals surface area (Å²) in [5.41, 5.74) is 1.73. The highest BCUT2D eigenvalue weighted by molar-refractivity contribution is 6.31. The van der Waals surface area contributed by atoms with Gasteiger partial charge >= 0.3 is 0 Å². The molecule has 0 N–H and O–H groups in total. The van der Waals surface area contributed by atoms with Gasteiger partial charge in [0.2, 0.25) is 5.91 Å². The summed E-state index contributed by atoms with van der Waals surface area (Å²) in [7, 11) is 1.58. The standard InChI is InChI=1S/C18H21ClN2O2/c1-4-21(13(2)14-7-6-10-20-12-14)18(22)11-15-16(19)8-5-9-17(15)23-3/h5-10,12-13H,4,11H2,1-3H3/t13-/m1/s1.